The molecule has 1 heteroatoms. The second-order valence-corrected chi connectivity index (χ2v) is 12.5. The lowest BCUT2D eigenvalue weighted by Gasteiger charge is -2.34. The van der Waals surface area contributed by atoms with Gasteiger partial charge in [0.15, 0.2) is 0 Å². The van der Waals surface area contributed by atoms with Gasteiger partial charge in [0.2, 0.25) is 0 Å². The summed E-state index contributed by atoms with van der Waals surface area (Å²) in [7, 11) is 0. The number of unbranched alkanes of at least 4 members (excludes halogenated alkanes) is 11. The third-order valence-electron chi connectivity index (χ3n) is 9.06. The molecule has 0 aromatic carbocycles. The van der Waals surface area contributed by atoms with Crippen LogP contribution in [0.5, 0.6) is 0 Å². The van der Waals surface area contributed by atoms with E-state index in [2.05, 4.69) is 32.6 Å². The van der Waals surface area contributed by atoms with Crippen LogP contribution in [-0.4, -0.2) is 24.5 Å². The Morgan fingerprint density at radius 2 is 0.914 bits per heavy atom. The summed E-state index contributed by atoms with van der Waals surface area (Å²) in [4.78, 5) is 2.86. The van der Waals surface area contributed by atoms with Gasteiger partial charge < -0.3 is 4.90 Å². The summed E-state index contributed by atoms with van der Waals surface area (Å²) in [5.41, 5.74) is 0. The molecule has 35 heavy (non-hydrogen) atoms. The summed E-state index contributed by atoms with van der Waals surface area (Å²) in [6.07, 6.45) is 35.1. The van der Waals surface area contributed by atoms with Crippen molar-refractivity contribution < 1.29 is 0 Å². The van der Waals surface area contributed by atoms with Crippen LogP contribution in [0, 0.1) is 17.8 Å². The van der Waals surface area contributed by atoms with Crippen LogP contribution in [0.2, 0.25) is 0 Å². The predicted molar refractivity (Wildman–Crippen MR) is 160 cm³/mol. The third kappa shape index (κ3) is 18.8. The summed E-state index contributed by atoms with van der Waals surface area (Å²) in [6, 6.07) is 0. The van der Waals surface area contributed by atoms with E-state index in [0.29, 0.717) is 0 Å². The van der Waals surface area contributed by atoms with Gasteiger partial charge in [0.1, 0.15) is 0 Å². The molecular formula is C34H69N. The predicted octanol–water partition coefficient (Wildman–Crippen LogP) is 11.6. The highest BCUT2D eigenvalue weighted by atomic mass is 15.1. The Hall–Kier alpha value is -0.0400. The average molecular weight is 492 g/mol. The van der Waals surface area contributed by atoms with Gasteiger partial charge in [-0.3, -0.25) is 0 Å². The van der Waals surface area contributed by atoms with Crippen LogP contribution >= 0.6 is 0 Å². The standard InChI is InChI=1S/C34H69N/c1-5-9-13-16-22-32(21-12-8-4)23-19-20-24-33-27-29-35(30-28-33)31-34(25-17-14-10-6-2)26-18-15-11-7-3/h32-34H,5-31H2,1-4H3. The minimum atomic E-state index is 0.970. The van der Waals surface area contributed by atoms with Gasteiger partial charge in [0.05, 0.1) is 0 Å². The number of piperidine rings is 1. The molecule has 1 heterocycles. The Labute approximate surface area is 224 Å². The zero-order valence-electron chi connectivity index (χ0n) is 25.3. The van der Waals surface area contributed by atoms with Gasteiger partial charge in [-0.15, -0.1) is 0 Å². The fraction of sp³-hybridized carbons (Fsp3) is 1.00. The molecule has 210 valence electrons. The van der Waals surface area contributed by atoms with Crippen molar-refractivity contribution in [2.45, 2.75) is 182 Å². The van der Waals surface area contributed by atoms with Crippen molar-refractivity contribution in [1.82, 2.24) is 4.90 Å². The van der Waals surface area contributed by atoms with Crippen LogP contribution in [0.25, 0.3) is 0 Å². The van der Waals surface area contributed by atoms with Crippen LogP contribution in [0.15, 0.2) is 0 Å². The van der Waals surface area contributed by atoms with Crippen LogP contribution in [0.3, 0.4) is 0 Å². The van der Waals surface area contributed by atoms with E-state index < -0.39 is 0 Å². The maximum atomic E-state index is 2.86. The lowest BCUT2D eigenvalue weighted by molar-refractivity contribution is 0.146. The molecule has 0 N–H and O–H groups in total. The van der Waals surface area contributed by atoms with Crippen molar-refractivity contribution in [2.24, 2.45) is 17.8 Å². The van der Waals surface area contributed by atoms with E-state index in [1.165, 1.54) is 174 Å². The van der Waals surface area contributed by atoms with Crippen molar-refractivity contribution >= 4 is 0 Å². The molecule has 0 saturated carbocycles. The van der Waals surface area contributed by atoms with Gasteiger partial charge in [-0.25, -0.2) is 0 Å². The van der Waals surface area contributed by atoms with Gasteiger partial charge in [0, 0.05) is 6.54 Å². The highest BCUT2D eigenvalue weighted by Crippen LogP contribution is 2.28. The largest absolute Gasteiger partial charge is 0.303 e. The fourth-order valence-electron chi connectivity index (χ4n) is 6.52. The van der Waals surface area contributed by atoms with Gasteiger partial charge >= 0.3 is 0 Å². The van der Waals surface area contributed by atoms with Crippen LogP contribution in [-0.2, 0) is 0 Å². The highest BCUT2D eigenvalue weighted by Gasteiger charge is 2.21. The van der Waals surface area contributed by atoms with Crippen molar-refractivity contribution in [3.63, 3.8) is 0 Å². The Bertz CT molecular complexity index is 399. The first-order chi connectivity index (χ1) is 17.2. The summed E-state index contributed by atoms with van der Waals surface area (Å²) in [5.74, 6) is 3.02. The molecule has 1 saturated heterocycles. The zero-order valence-corrected chi connectivity index (χ0v) is 25.3. The molecule has 0 spiro atoms. The lowest BCUT2D eigenvalue weighted by atomic mass is 9.87. The molecule has 1 atom stereocenters. The van der Waals surface area contributed by atoms with E-state index in [9.17, 15) is 0 Å². The molecule has 1 rings (SSSR count). The van der Waals surface area contributed by atoms with E-state index in [1.807, 2.05) is 0 Å². The average Bonchev–Trinajstić information content (AvgIpc) is 2.88. The molecule has 1 aliphatic rings. The monoisotopic (exact) mass is 492 g/mol. The number of hydrogen-bond donors (Lipinski definition) is 0. The quantitative estimate of drug-likeness (QED) is 0.115. The van der Waals surface area contributed by atoms with Crippen molar-refractivity contribution in [1.29, 1.82) is 0 Å². The lowest BCUT2D eigenvalue weighted by Crippen LogP contribution is -2.37. The van der Waals surface area contributed by atoms with Crippen molar-refractivity contribution in [3.05, 3.63) is 0 Å². The number of nitrogens with zero attached hydrogens (tertiary/aromatic N) is 1. The fourth-order valence-corrected chi connectivity index (χ4v) is 6.52. The van der Waals surface area contributed by atoms with Crippen molar-refractivity contribution in [2.75, 3.05) is 19.6 Å². The molecule has 0 aromatic heterocycles. The smallest absolute Gasteiger partial charge is 0.000966 e. The third-order valence-corrected chi connectivity index (χ3v) is 9.06. The first kappa shape index (κ1) is 33.0. The van der Waals surface area contributed by atoms with E-state index >= 15 is 0 Å². The summed E-state index contributed by atoms with van der Waals surface area (Å²) < 4.78 is 0. The molecule has 1 nitrogen and oxygen atoms in total. The first-order valence-corrected chi connectivity index (χ1v) is 17.0. The van der Waals surface area contributed by atoms with E-state index in [-0.39, 0.29) is 0 Å². The summed E-state index contributed by atoms with van der Waals surface area (Å²) >= 11 is 0. The summed E-state index contributed by atoms with van der Waals surface area (Å²) in [5, 5.41) is 0. The maximum absolute atomic E-state index is 2.86. The Morgan fingerprint density at radius 3 is 1.40 bits per heavy atom. The molecule has 0 amide bonds. The van der Waals surface area contributed by atoms with Gasteiger partial charge in [-0.2, -0.15) is 0 Å². The molecule has 0 aromatic rings. The van der Waals surface area contributed by atoms with E-state index in [1.54, 1.807) is 0 Å². The maximum Gasteiger partial charge on any atom is 0.000966 e. The minimum Gasteiger partial charge on any atom is -0.303 e. The number of likely N-dealkylation sites (tertiary alicyclic amines) is 1. The molecule has 1 aliphatic heterocycles. The SMILES string of the molecule is CCCCCCC(CCCC)CCCCC1CCN(CC(CCCCCC)CCCCCC)CC1. The second-order valence-electron chi connectivity index (χ2n) is 12.5. The zero-order chi connectivity index (χ0) is 25.4. The van der Waals surface area contributed by atoms with Crippen LogP contribution in [0.1, 0.15) is 182 Å². The van der Waals surface area contributed by atoms with E-state index in [0.717, 1.165) is 17.8 Å². The molecule has 1 unspecified atom stereocenters. The highest BCUT2D eigenvalue weighted by molar-refractivity contribution is 4.75. The number of hydrogen-bond acceptors (Lipinski definition) is 1. The van der Waals surface area contributed by atoms with Gasteiger partial charge in [-0.05, 0) is 56.5 Å². The normalized spacial score (nSPS) is 16.4. The molecule has 0 aliphatic carbocycles. The van der Waals surface area contributed by atoms with Crippen molar-refractivity contribution in [3.8, 4) is 0 Å². The molecular weight excluding hydrogens is 422 g/mol. The second kappa shape index (κ2) is 24.3. The van der Waals surface area contributed by atoms with Gasteiger partial charge in [0.25, 0.3) is 0 Å². The topological polar surface area (TPSA) is 3.24 Å². The Morgan fingerprint density at radius 1 is 0.486 bits per heavy atom. The van der Waals surface area contributed by atoms with E-state index in [4.69, 9.17) is 0 Å². The Balaban J connectivity index is 2.24. The minimum absolute atomic E-state index is 0.970. The molecule has 0 bridgehead atoms. The van der Waals surface area contributed by atoms with Gasteiger partial charge in [-0.1, -0.05) is 156 Å². The summed E-state index contributed by atoms with van der Waals surface area (Å²) in [6.45, 7) is 13.6. The Kier molecular flexibility index (Phi) is 22.9. The molecule has 1 fully saturated rings. The molecule has 0 radical (unpaired) electrons. The number of rotatable bonds is 25. The van der Waals surface area contributed by atoms with Crippen LogP contribution < -0.4 is 0 Å². The first-order valence-electron chi connectivity index (χ1n) is 17.0. The van der Waals surface area contributed by atoms with Crippen LogP contribution in [0.4, 0.5) is 0 Å².